The average Bonchev–Trinajstić information content (AvgIpc) is 2.96. The quantitative estimate of drug-likeness (QED) is 0.490. The molecule has 0 N–H and O–H groups in total. The number of amides is 1. The lowest BCUT2D eigenvalue weighted by Crippen LogP contribution is -2.14. The standard InChI is InChI=1S/C22H23ClN2O2S/c1-4-5-14-27-19-12-8-17(9-13-19)21(26)24-22-25(3)20(15(2)28-22)16-6-10-18(23)11-7-16/h6-13H,4-5,14H2,1-3H3. The molecule has 1 heterocycles. The van der Waals surface area contributed by atoms with Gasteiger partial charge in [0.1, 0.15) is 5.75 Å². The van der Waals surface area contributed by atoms with Gasteiger partial charge in [-0.25, -0.2) is 0 Å². The van der Waals surface area contributed by atoms with Gasteiger partial charge in [-0.2, -0.15) is 4.99 Å². The molecule has 3 aromatic rings. The van der Waals surface area contributed by atoms with Crippen molar-refractivity contribution in [2.45, 2.75) is 26.7 Å². The topological polar surface area (TPSA) is 43.6 Å². The van der Waals surface area contributed by atoms with Gasteiger partial charge in [-0.05, 0) is 55.3 Å². The molecule has 0 saturated carbocycles. The summed E-state index contributed by atoms with van der Waals surface area (Å²) in [7, 11) is 1.92. The third-order valence-corrected chi connectivity index (χ3v) is 5.68. The molecule has 1 aromatic heterocycles. The first-order valence-electron chi connectivity index (χ1n) is 9.24. The van der Waals surface area contributed by atoms with E-state index in [1.54, 1.807) is 12.1 Å². The van der Waals surface area contributed by atoms with Gasteiger partial charge >= 0.3 is 0 Å². The summed E-state index contributed by atoms with van der Waals surface area (Å²) in [5, 5.41) is 0.696. The van der Waals surface area contributed by atoms with Gasteiger partial charge in [0.05, 0.1) is 12.3 Å². The molecule has 1 amide bonds. The van der Waals surface area contributed by atoms with Crippen LogP contribution in [0.4, 0.5) is 0 Å². The maximum absolute atomic E-state index is 12.6. The van der Waals surface area contributed by atoms with Crippen LogP contribution in [-0.4, -0.2) is 17.1 Å². The lowest BCUT2D eigenvalue weighted by Gasteiger charge is -2.05. The summed E-state index contributed by atoms with van der Waals surface area (Å²) in [5.41, 5.74) is 2.62. The van der Waals surface area contributed by atoms with Crippen LogP contribution in [0, 0.1) is 6.92 Å². The molecule has 0 aliphatic heterocycles. The van der Waals surface area contributed by atoms with Crippen LogP contribution in [0.1, 0.15) is 35.0 Å². The van der Waals surface area contributed by atoms with E-state index >= 15 is 0 Å². The molecule has 0 atom stereocenters. The van der Waals surface area contributed by atoms with E-state index in [-0.39, 0.29) is 5.91 Å². The number of carbonyl (C=O) groups excluding carboxylic acids is 1. The van der Waals surface area contributed by atoms with Crippen molar-refractivity contribution in [2.24, 2.45) is 12.0 Å². The lowest BCUT2D eigenvalue weighted by molar-refractivity contribution is 0.0998. The number of benzene rings is 2. The van der Waals surface area contributed by atoms with Crippen molar-refractivity contribution < 1.29 is 9.53 Å². The van der Waals surface area contributed by atoms with Crippen molar-refractivity contribution in [1.29, 1.82) is 0 Å². The van der Waals surface area contributed by atoms with Gasteiger partial charge in [0, 0.05) is 22.5 Å². The summed E-state index contributed by atoms with van der Waals surface area (Å²) in [5.74, 6) is 0.507. The minimum atomic E-state index is -0.264. The van der Waals surface area contributed by atoms with Gasteiger partial charge < -0.3 is 9.30 Å². The van der Waals surface area contributed by atoms with Crippen molar-refractivity contribution in [3.05, 3.63) is 68.8 Å². The van der Waals surface area contributed by atoms with E-state index in [1.165, 1.54) is 11.3 Å². The minimum Gasteiger partial charge on any atom is -0.494 e. The molecule has 3 rings (SSSR count). The predicted molar refractivity (Wildman–Crippen MR) is 115 cm³/mol. The molecule has 0 aliphatic rings. The third-order valence-electron chi connectivity index (χ3n) is 4.38. The Labute approximate surface area is 174 Å². The van der Waals surface area contributed by atoms with Gasteiger partial charge in [0.2, 0.25) is 0 Å². The van der Waals surface area contributed by atoms with Crippen molar-refractivity contribution in [3.8, 4) is 17.0 Å². The van der Waals surface area contributed by atoms with Crippen molar-refractivity contribution >= 4 is 28.8 Å². The molecule has 6 heteroatoms. The number of unbranched alkanes of at least 4 members (excludes halogenated alkanes) is 1. The van der Waals surface area contributed by atoms with Crippen LogP contribution in [0.2, 0.25) is 5.02 Å². The Morgan fingerprint density at radius 1 is 1.14 bits per heavy atom. The summed E-state index contributed by atoms with van der Waals surface area (Å²) in [4.78, 5) is 18.7. The highest BCUT2D eigenvalue weighted by molar-refractivity contribution is 7.09. The fraction of sp³-hybridized carbons (Fsp3) is 0.273. The first-order valence-corrected chi connectivity index (χ1v) is 10.4. The smallest absolute Gasteiger partial charge is 0.279 e. The Hall–Kier alpha value is -2.37. The Bertz CT molecular complexity index is 1020. The second-order valence-electron chi connectivity index (χ2n) is 6.50. The zero-order chi connectivity index (χ0) is 20.1. The molecule has 0 fully saturated rings. The summed E-state index contributed by atoms with van der Waals surface area (Å²) in [6, 6.07) is 14.8. The second kappa shape index (κ2) is 9.22. The minimum absolute atomic E-state index is 0.264. The molecule has 0 radical (unpaired) electrons. The summed E-state index contributed by atoms with van der Waals surface area (Å²) >= 11 is 7.49. The molecule has 146 valence electrons. The molecule has 0 bridgehead atoms. The number of hydrogen-bond acceptors (Lipinski definition) is 3. The van der Waals surface area contributed by atoms with Gasteiger partial charge in [0.25, 0.3) is 5.91 Å². The molecular formula is C22H23ClN2O2S. The molecule has 0 saturated heterocycles. The van der Waals surface area contributed by atoms with Gasteiger partial charge in [-0.3, -0.25) is 4.79 Å². The number of carbonyl (C=O) groups is 1. The number of aryl methyl sites for hydroxylation is 1. The molecule has 28 heavy (non-hydrogen) atoms. The number of ether oxygens (including phenoxy) is 1. The van der Waals surface area contributed by atoms with E-state index < -0.39 is 0 Å². The molecular weight excluding hydrogens is 392 g/mol. The number of halogens is 1. The molecule has 0 unspecified atom stereocenters. The van der Waals surface area contributed by atoms with E-state index in [4.69, 9.17) is 16.3 Å². The Kier molecular flexibility index (Phi) is 6.70. The van der Waals surface area contributed by atoms with Crippen LogP contribution in [0.3, 0.4) is 0 Å². The normalized spacial score (nSPS) is 11.6. The number of nitrogens with zero attached hydrogens (tertiary/aromatic N) is 2. The maximum atomic E-state index is 12.6. The van der Waals surface area contributed by atoms with Crippen molar-refractivity contribution in [3.63, 3.8) is 0 Å². The third kappa shape index (κ3) is 4.72. The fourth-order valence-corrected chi connectivity index (χ4v) is 3.98. The maximum Gasteiger partial charge on any atom is 0.279 e. The second-order valence-corrected chi connectivity index (χ2v) is 8.12. The zero-order valence-electron chi connectivity index (χ0n) is 16.2. The summed E-state index contributed by atoms with van der Waals surface area (Å²) in [6.45, 7) is 4.84. The van der Waals surface area contributed by atoms with Crippen LogP contribution in [-0.2, 0) is 7.05 Å². The van der Waals surface area contributed by atoms with Crippen LogP contribution in [0.15, 0.2) is 53.5 Å². The van der Waals surface area contributed by atoms with E-state index in [9.17, 15) is 4.79 Å². The number of aromatic nitrogens is 1. The summed E-state index contributed by atoms with van der Waals surface area (Å²) in [6.07, 6.45) is 2.10. The van der Waals surface area contributed by atoms with Crippen LogP contribution < -0.4 is 9.54 Å². The van der Waals surface area contributed by atoms with Crippen LogP contribution in [0.5, 0.6) is 5.75 Å². The molecule has 2 aromatic carbocycles. The Balaban J connectivity index is 1.84. The SMILES string of the molecule is CCCCOc1ccc(C(=O)N=c2sc(C)c(-c3ccc(Cl)cc3)n2C)cc1. The highest BCUT2D eigenvalue weighted by Gasteiger charge is 2.12. The van der Waals surface area contributed by atoms with Gasteiger partial charge in [-0.15, -0.1) is 11.3 Å². The monoisotopic (exact) mass is 414 g/mol. The van der Waals surface area contributed by atoms with Gasteiger partial charge in [0.15, 0.2) is 4.80 Å². The van der Waals surface area contributed by atoms with E-state index in [0.29, 0.717) is 22.0 Å². The number of thiazole rings is 1. The summed E-state index contributed by atoms with van der Waals surface area (Å²) < 4.78 is 7.59. The van der Waals surface area contributed by atoms with Crippen molar-refractivity contribution in [1.82, 2.24) is 4.57 Å². The fourth-order valence-electron chi connectivity index (χ4n) is 2.87. The van der Waals surface area contributed by atoms with E-state index in [2.05, 4.69) is 11.9 Å². The largest absolute Gasteiger partial charge is 0.494 e. The molecule has 0 aliphatic carbocycles. The lowest BCUT2D eigenvalue weighted by atomic mass is 10.1. The highest BCUT2D eigenvalue weighted by atomic mass is 35.5. The number of rotatable bonds is 6. The average molecular weight is 415 g/mol. The van der Waals surface area contributed by atoms with E-state index in [0.717, 1.165) is 34.7 Å². The molecule has 4 nitrogen and oxygen atoms in total. The molecule has 0 spiro atoms. The van der Waals surface area contributed by atoms with Gasteiger partial charge in [-0.1, -0.05) is 37.1 Å². The predicted octanol–water partition coefficient (Wildman–Crippen LogP) is 5.64. The van der Waals surface area contributed by atoms with E-state index in [1.807, 2.05) is 54.9 Å². The zero-order valence-corrected chi connectivity index (χ0v) is 17.8. The first kappa shape index (κ1) is 20.4. The Morgan fingerprint density at radius 2 is 1.82 bits per heavy atom. The highest BCUT2D eigenvalue weighted by Crippen LogP contribution is 2.25. The van der Waals surface area contributed by atoms with Crippen LogP contribution in [0.25, 0.3) is 11.3 Å². The van der Waals surface area contributed by atoms with Crippen molar-refractivity contribution in [2.75, 3.05) is 6.61 Å². The van der Waals surface area contributed by atoms with Crippen LogP contribution >= 0.6 is 22.9 Å². The number of hydrogen-bond donors (Lipinski definition) is 0. The first-order chi connectivity index (χ1) is 13.5. The Morgan fingerprint density at radius 3 is 2.46 bits per heavy atom.